The van der Waals surface area contributed by atoms with Crippen LogP contribution in [-0.4, -0.2) is 51.2 Å². The minimum Gasteiger partial charge on any atom is -0.480 e. The molecule has 5 nitrogen and oxygen atoms in total. The van der Waals surface area contributed by atoms with Crippen LogP contribution >= 0.6 is 0 Å². The Labute approximate surface area is 109 Å². The maximum atomic E-state index is 12.2. The molecule has 0 radical (unpaired) electrons. The molecular weight excluding hydrogens is 256 g/mol. The highest BCUT2D eigenvalue weighted by Gasteiger charge is 2.42. The lowest BCUT2D eigenvalue weighted by molar-refractivity contribution is -0.136. The number of carboxylic acids is 1. The summed E-state index contributed by atoms with van der Waals surface area (Å²) < 4.78 is 23.4. The molecule has 1 spiro atoms. The summed E-state index contributed by atoms with van der Waals surface area (Å²) in [5, 5.41) is 8.07. The van der Waals surface area contributed by atoms with Crippen molar-refractivity contribution in [3.05, 3.63) is 0 Å². The lowest BCUT2D eigenvalue weighted by Gasteiger charge is -2.43. The van der Waals surface area contributed by atoms with Crippen LogP contribution < -0.4 is 0 Å². The lowest BCUT2D eigenvalue weighted by atomic mass is 9.86. The van der Waals surface area contributed by atoms with E-state index in [9.17, 15) is 9.00 Å². The molecule has 2 fully saturated rings. The molecule has 0 bridgehead atoms. The standard InChI is InChI=1S/C12H20O5S/c1-9(11(13)14)18(15)10-2-5-17-12(8-10)3-6-16-7-4-12/h9-10H,2-8H2,1H3,(H,13,14). The fraction of sp³-hybridized carbons (Fsp3) is 0.917. The molecule has 3 unspecified atom stereocenters. The number of ether oxygens (including phenoxy) is 2. The predicted molar refractivity (Wildman–Crippen MR) is 67.0 cm³/mol. The Morgan fingerprint density at radius 2 is 2.06 bits per heavy atom. The van der Waals surface area contributed by atoms with E-state index in [2.05, 4.69) is 0 Å². The van der Waals surface area contributed by atoms with Crippen molar-refractivity contribution in [1.29, 1.82) is 0 Å². The topological polar surface area (TPSA) is 72.8 Å². The van der Waals surface area contributed by atoms with Crippen LogP contribution in [-0.2, 0) is 25.1 Å². The van der Waals surface area contributed by atoms with Crippen molar-refractivity contribution in [3.63, 3.8) is 0 Å². The van der Waals surface area contributed by atoms with Crippen molar-refractivity contribution >= 4 is 16.8 Å². The molecule has 1 N–H and O–H groups in total. The van der Waals surface area contributed by atoms with Crippen LogP contribution in [0.5, 0.6) is 0 Å². The van der Waals surface area contributed by atoms with Gasteiger partial charge in [0.15, 0.2) is 0 Å². The Morgan fingerprint density at radius 3 is 2.67 bits per heavy atom. The molecule has 2 aliphatic heterocycles. The second-order valence-electron chi connectivity index (χ2n) is 5.07. The Bertz CT molecular complexity index is 332. The van der Waals surface area contributed by atoms with Crippen molar-refractivity contribution in [2.75, 3.05) is 19.8 Å². The van der Waals surface area contributed by atoms with Gasteiger partial charge in [-0.2, -0.15) is 0 Å². The van der Waals surface area contributed by atoms with Gasteiger partial charge in [0.25, 0.3) is 0 Å². The Balaban J connectivity index is 2.02. The highest BCUT2D eigenvalue weighted by atomic mass is 32.2. The van der Waals surface area contributed by atoms with Gasteiger partial charge in [0.1, 0.15) is 5.25 Å². The Morgan fingerprint density at radius 1 is 1.39 bits per heavy atom. The molecule has 2 heterocycles. The first-order valence-corrected chi connectivity index (χ1v) is 7.66. The summed E-state index contributed by atoms with van der Waals surface area (Å²) in [7, 11) is -1.33. The van der Waals surface area contributed by atoms with Gasteiger partial charge < -0.3 is 14.6 Å². The average Bonchev–Trinajstić information content (AvgIpc) is 2.38. The van der Waals surface area contributed by atoms with E-state index in [-0.39, 0.29) is 10.9 Å². The van der Waals surface area contributed by atoms with Gasteiger partial charge in [0, 0.05) is 35.9 Å². The van der Waals surface area contributed by atoms with Gasteiger partial charge >= 0.3 is 5.97 Å². The normalized spacial score (nSPS) is 30.8. The molecule has 6 heteroatoms. The summed E-state index contributed by atoms with van der Waals surface area (Å²) in [6.45, 7) is 3.44. The van der Waals surface area contributed by atoms with E-state index in [1.807, 2.05) is 0 Å². The van der Waals surface area contributed by atoms with Crippen molar-refractivity contribution in [1.82, 2.24) is 0 Å². The van der Waals surface area contributed by atoms with Crippen LogP contribution in [0.25, 0.3) is 0 Å². The predicted octanol–water partition coefficient (Wildman–Crippen LogP) is 0.936. The summed E-state index contributed by atoms with van der Waals surface area (Å²) in [4.78, 5) is 10.9. The van der Waals surface area contributed by atoms with Crippen molar-refractivity contribution in [2.45, 2.75) is 48.7 Å². The fourth-order valence-corrected chi connectivity index (χ4v) is 4.23. The summed E-state index contributed by atoms with van der Waals surface area (Å²) in [6, 6.07) is 0. The zero-order chi connectivity index (χ0) is 13.2. The van der Waals surface area contributed by atoms with Crippen LogP contribution in [0.3, 0.4) is 0 Å². The van der Waals surface area contributed by atoms with E-state index in [0.717, 1.165) is 12.8 Å². The van der Waals surface area contributed by atoms with Crippen LogP contribution in [0.4, 0.5) is 0 Å². The molecule has 2 aliphatic rings. The largest absolute Gasteiger partial charge is 0.480 e. The third-order valence-corrected chi connectivity index (χ3v) is 5.83. The van der Waals surface area contributed by atoms with Crippen molar-refractivity contribution < 1.29 is 23.6 Å². The van der Waals surface area contributed by atoms with Gasteiger partial charge in [-0.1, -0.05) is 0 Å². The molecule has 3 atom stereocenters. The number of carbonyl (C=O) groups is 1. The molecule has 0 saturated carbocycles. The molecule has 104 valence electrons. The Kier molecular flexibility index (Phi) is 4.40. The van der Waals surface area contributed by atoms with Crippen molar-refractivity contribution in [2.24, 2.45) is 0 Å². The third kappa shape index (κ3) is 2.92. The van der Waals surface area contributed by atoms with Gasteiger partial charge in [-0.05, 0) is 32.6 Å². The van der Waals surface area contributed by atoms with Gasteiger partial charge in [-0.25, -0.2) is 0 Å². The van der Waals surface area contributed by atoms with Gasteiger partial charge in [0.2, 0.25) is 0 Å². The van der Waals surface area contributed by atoms with Crippen LogP contribution in [0.15, 0.2) is 0 Å². The van der Waals surface area contributed by atoms with E-state index in [0.29, 0.717) is 32.7 Å². The molecule has 18 heavy (non-hydrogen) atoms. The first-order valence-electron chi connectivity index (χ1n) is 6.38. The molecule has 0 amide bonds. The smallest absolute Gasteiger partial charge is 0.318 e. The fourth-order valence-electron chi connectivity index (χ4n) is 2.66. The average molecular weight is 276 g/mol. The number of rotatable bonds is 3. The van der Waals surface area contributed by atoms with E-state index < -0.39 is 22.0 Å². The summed E-state index contributed by atoms with van der Waals surface area (Å²) in [5.74, 6) is -0.985. The van der Waals surface area contributed by atoms with Crippen LogP contribution in [0.2, 0.25) is 0 Å². The van der Waals surface area contributed by atoms with Crippen LogP contribution in [0.1, 0.15) is 32.6 Å². The zero-order valence-corrected chi connectivity index (χ0v) is 11.4. The number of hydrogen-bond acceptors (Lipinski definition) is 4. The first-order chi connectivity index (χ1) is 8.54. The molecule has 2 rings (SSSR count). The van der Waals surface area contributed by atoms with Crippen LogP contribution in [0, 0.1) is 0 Å². The molecular formula is C12H20O5S. The second kappa shape index (κ2) is 5.67. The van der Waals surface area contributed by atoms with Gasteiger partial charge in [0.05, 0.1) is 5.60 Å². The highest BCUT2D eigenvalue weighted by molar-refractivity contribution is 7.87. The van der Waals surface area contributed by atoms with Gasteiger partial charge in [-0.15, -0.1) is 0 Å². The second-order valence-corrected chi connectivity index (χ2v) is 7.10. The molecule has 0 aromatic carbocycles. The number of aliphatic carboxylic acids is 1. The highest BCUT2D eigenvalue weighted by Crippen LogP contribution is 2.36. The van der Waals surface area contributed by atoms with E-state index in [1.54, 1.807) is 0 Å². The molecule has 0 aromatic rings. The van der Waals surface area contributed by atoms with E-state index in [4.69, 9.17) is 14.6 Å². The van der Waals surface area contributed by atoms with E-state index in [1.165, 1.54) is 6.92 Å². The SMILES string of the molecule is CC(C(=O)O)S(=O)C1CCOC2(CCOCC2)C1. The van der Waals surface area contributed by atoms with Gasteiger partial charge in [-0.3, -0.25) is 9.00 Å². The quantitative estimate of drug-likeness (QED) is 0.830. The summed E-state index contributed by atoms with van der Waals surface area (Å²) >= 11 is 0. The molecule has 2 saturated heterocycles. The summed E-state index contributed by atoms with van der Waals surface area (Å²) in [6.07, 6.45) is 3.03. The molecule has 0 aliphatic carbocycles. The van der Waals surface area contributed by atoms with Crippen molar-refractivity contribution in [3.8, 4) is 0 Å². The van der Waals surface area contributed by atoms with E-state index >= 15 is 0 Å². The maximum Gasteiger partial charge on any atom is 0.318 e. The lowest BCUT2D eigenvalue weighted by Crippen LogP contribution is -2.48. The minimum atomic E-state index is -1.33. The maximum absolute atomic E-state index is 12.2. The first kappa shape index (κ1) is 14.0. The third-order valence-electron chi connectivity index (χ3n) is 3.88. The minimum absolute atomic E-state index is 0.0667. The summed E-state index contributed by atoms with van der Waals surface area (Å²) in [5.41, 5.74) is -0.227. The zero-order valence-electron chi connectivity index (χ0n) is 10.6. The monoisotopic (exact) mass is 276 g/mol. The molecule has 0 aromatic heterocycles. The number of carboxylic acid groups (broad SMARTS) is 1. The number of hydrogen-bond donors (Lipinski definition) is 1. The Hall–Kier alpha value is -0.460.